The first kappa shape index (κ1) is 7.28. The highest BCUT2D eigenvalue weighted by Gasteiger charge is 2.31. The van der Waals surface area contributed by atoms with Gasteiger partial charge in [-0.25, -0.2) is 0 Å². The summed E-state index contributed by atoms with van der Waals surface area (Å²) in [5, 5.41) is 10.5. The second-order valence-corrected chi connectivity index (χ2v) is 2.77. The van der Waals surface area contributed by atoms with E-state index in [9.17, 15) is 10.1 Å². The van der Waals surface area contributed by atoms with E-state index in [1.54, 1.807) is 6.07 Å². The average Bonchev–Trinajstić information content (AvgIpc) is 2.47. The van der Waals surface area contributed by atoms with Crippen LogP contribution in [0.15, 0.2) is 24.3 Å². The number of hydrogen-bond acceptors (Lipinski definition) is 2. The summed E-state index contributed by atoms with van der Waals surface area (Å²) < 4.78 is 0. The van der Waals surface area contributed by atoms with E-state index in [0.29, 0.717) is 6.42 Å². The lowest BCUT2D eigenvalue weighted by atomic mass is 10.1. The van der Waals surface area contributed by atoms with Crippen molar-refractivity contribution in [3.8, 4) is 0 Å². The smallest absolute Gasteiger partial charge is 0.239 e. The van der Waals surface area contributed by atoms with Crippen LogP contribution in [0.25, 0.3) is 0 Å². The van der Waals surface area contributed by atoms with E-state index in [-0.39, 0.29) is 4.92 Å². The molecule has 0 saturated carbocycles. The zero-order chi connectivity index (χ0) is 8.55. The van der Waals surface area contributed by atoms with Gasteiger partial charge in [-0.1, -0.05) is 24.3 Å². The quantitative estimate of drug-likeness (QED) is 0.466. The zero-order valence-electron chi connectivity index (χ0n) is 6.36. The number of hydrogen-bond donors (Lipinski definition) is 0. The fourth-order valence-corrected chi connectivity index (χ4v) is 1.45. The molecule has 3 nitrogen and oxygen atoms in total. The molecular formula is C9H7NO2. The van der Waals surface area contributed by atoms with Gasteiger partial charge in [0.05, 0.1) is 0 Å². The molecule has 0 saturated heterocycles. The van der Waals surface area contributed by atoms with E-state index in [1.807, 2.05) is 18.2 Å². The molecule has 60 valence electrons. The van der Waals surface area contributed by atoms with Crippen LogP contribution < -0.4 is 0 Å². The molecule has 1 aromatic carbocycles. The molecule has 2 radical (unpaired) electrons. The van der Waals surface area contributed by atoms with Crippen molar-refractivity contribution >= 4 is 0 Å². The highest BCUT2D eigenvalue weighted by molar-refractivity contribution is 5.39. The van der Waals surface area contributed by atoms with Gasteiger partial charge in [0, 0.05) is 23.3 Å². The molecule has 0 amide bonds. The third-order valence-electron chi connectivity index (χ3n) is 2.06. The summed E-state index contributed by atoms with van der Waals surface area (Å²) in [4.78, 5) is 10.3. The Morgan fingerprint density at radius 2 is 2.25 bits per heavy atom. The summed E-state index contributed by atoms with van der Waals surface area (Å²) in [6.07, 6.45) is 3.40. The van der Waals surface area contributed by atoms with Crippen LogP contribution >= 0.6 is 0 Å². The van der Waals surface area contributed by atoms with Crippen LogP contribution in [0.5, 0.6) is 0 Å². The highest BCUT2D eigenvalue weighted by Crippen LogP contribution is 2.34. The van der Waals surface area contributed by atoms with Crippen molar-refractivity contribution in [3.63, 3.8) is 0 Å². The summed E-state index contributed by atoms with van der Waals surface area (Å²) in [5.74, 6) is 0. The van der Waals surface area contributed by atoms with Gasteiger partial charge < -0.3 is 0 Å². The summed E-state index contributed by atoms with van der Waals surface area (Å²) in [6.45, 7) is 0. The molecule has 1 aliphatic rings. The maximum Gasteiger partial charge on any atom is 0.239 e. The fraction of sp³-hybridized carbons (Fsp3) is 0.222. The Hall–Kier alpha value is -1.38. The Kier molecular flexibility index (Phi) is 1.57. The summed E-state index contributed by atoms with van der Waals surface area (Å²) in [5.41, 5.74) is 1.68. The van der Waals surface area contributed by atoms with Gasteiger partial charge in [-0.3, -0.25) is 10.1 Å². The number of nitro groups is 1. The van der Waals surface area contributed by atoms with E-state index >= 15 is 0 Å². The van der Waals surface area contributed by atoms with Crippen molar-refractivity contribution < 1.29 is 4.92 Å². The maximum absolute atomic E-state index is 10.5. The molecule has 1 unspecified atom stereocenters. The predicted octanol–water partition coefficient (Wildman–Crippen LogP) is 1.84. The van der Waals surface area contributed by atoms with E-state index in [1.165, 1.54) is 0 Å². The molecule has 3 heteroatoms. The highest BCUT2D eigenvalue weighted by atomic mass is 16.6. The molecule has 0 spiro atoms. The first-order chi connectivity index (χ1) is 5.79. The summed E-state index contributed by atoms with van der Waals surface area (Å²) >= 11 is 0. The van der Waals surface area contributed by atoms with Crippen LogP contribution in [0.4, 0.5) is 0 Å². The van der Waals surface area contributed by atoms with Crippen LogP contribution in [0.2, 0.25) is 0 Å². The van der Waals surface area contributed by atoms with Gasteiger partial charge in [0.2, 0.25) is 6.04 Å². The van der Waals surface area contributed by atoms with Crippen molar-refractivity contribution in [2.45, 2.75) is 12.5 Å². The lowest BCUT2D eigenvalue weighted by Crippen LogP contribution is -2.05. The minimum atomic E-state index is -0.568. The first-order valence-corrected chi connectivity index (χ1v) is 3.75. The molecular weight excluding hydrogens is 154 g/mol. The second kappa shape index (κ2) is 2.59. The van der Waals surface area contributed by atoms with Crippen LogP contribution in [0, 0.1) is 16.5 Å². The van der Waals surface area contributed by atoms with Gasteiger partial charge in [-0.05, 0) is 5.56 Å². The molecule has 1 aliphatic carbocycles. The lowest BCUT2D eigenvalue weighted by Gasteiger charge is -2.01. The number of benzene rings is 1. The minimum absolute atomic E-state index is 0.251. The normalized spacial score (nSPS) is 20.5. The van der Waals surface area contributed by atoms with Crippen molar-refractivity contribution in [1.29, 1.82) is 0 Å². The topological polar surface area (TPSA) is 43.1 Å². The van der Waals surface area contributed by atoms with Gasteiger partial charge >= 0.3 is 0 Å². The third kappa shape index (κ3) is 0.978. The SMILES string of the molecule is O=[N+]([O-])C1C[C]c2ccccc21. The Morgan fingerprint density at radius 1 is 1.50 bits per heavy atom. The van der Waals surface area contributed by atoms with Gasteiger partial charge in [0.1, 0.15) is 0 Å². The van der Waals surface area contributed by atoms with Crippen molar-refractivity contribution in [3.05, 3.63) is 51.9 Å². The average molecular weight is 161 g/mol. The van der Waals surface area contributed by atoms with E-state index < -0.39 is 6.04 Å². The van der Waals surface area contributed by atoms with E-state index in [2.05, 4.69) is 6.42 Å². The number of fused-ring (bicyclic) bond motifs is 1. The van der Waals surface area contributed by atoms with E-state index in [0.717, 1.165) is 11.1 Å². The van der Waals surface area contributed by atoms with Crippen LogP contribution in [0.3, 0.4) is 0 Å². The Balaban J connectivity index is 2.42. The molecule has 0 aromatic heterocycles. The molecule has 0 fully saturated rings. The molecule has 0 N–H and O–H groups in total. The minimum Gasteiger partial charge on any atom is -0.264 e. The first-order valence-electron chi connectivity index (χ1n) is 3.75. The Morgan fingerprint density at radius 3 is 3.00 bits per heavy atom. The monoisotopic (exact) mass is 161 g/mol. The summed E-state index contributed by atoms with van der Waals surface area (Å²) in [7, 11) is 0. The van der Waals surface area contributed by atoms with Crippen molar-refractivity contribution in [1.82, 2.24) is 0 Å². The molecule has 1 aromatic rings. The van der Waals surface area contributed by atoms with Gasteiger partial charge in [0.15, 0.2) is 0 Å². The number of rotatable bonds is 1. The van der Waals surface area contributed by atoms with Gasteiger partial charge in [-0.2, -0.15) is 0 Å². The molecule has 12 heavy (non-hydrogen) atoms. The molecule has 1 atom stereocenters. The fourth-order valence-electron chi connectivity index (χ4n) is 1.45. The molecule has 2 rings (SSSR count). The number of nitrogens with zero attached hydrogens (tertiary/aromatic N) is 1. The maximum atomic E-state index is 10.5. The van der Waals surface area contributed by atoms with E-state index in [4.69, 9.17) is 0 Å². The van der Waals surface area contributed by atoms with Gasteiger partial charge in [-0.15, -0.1) is 0 Å². The zero-order valence-corrected chi connectivity index (χ0v) is 6.36. The Bertz CT molecular complexity index is 322. The predicted molar refractivity (Wildman–Crippen MR) is 43.1 cm³/mol. The van der Waals surface area contributed by atoms with Crippen molar-refractivity contribution in [2.24, 2.45) is 0 Å². The standard InChI is InChI=1S/C9H7NO2/c11-10(12)9-6-5-7-3-1-2-4-8(7)9/h1-4,9H,6H2. The molecule has 0 heterocycles. The second-order valence-electron chi connectivity index (χ2n) is 2.77. The molecule has 0 bridgehead atoms. The van der Waals surface area contributed by atoms with Crippen molar-refractivity contribution in [2.75, 3.05) is 0 Å². The van der Waals surface area contributed by atoms with Gasteiger partial charge in [0.25, 0.3) is 0 Å². The molecule has 0 aliphatic heterocycles. The largest absolute Gasteiger partial charge is 0.264 e. The van der Waals surface area contributed by atoms with Crippen LogP contribution in [0.1, 0.15) is 23.6 Å². The lowest BCUT2D eigenvalue weighted by molar-refractivity contribution is -0.527. The Labute approximate surface area is 70.2 Å². The third-order valence-corrected chi connectivity index (χ3v) is 2.06. The summed E-state index contributed by atoms with van der Waals surface area (Å²) in [6, 6.07) is 6.78. The van der Waals surface area contributed by atoms with Crippen LogP contribution in [-0.2, 0) is 0 Å². The van der Waals surface area contributed by atoms with Crippen LogP contribution in [-0.4, -0.2) is 4.92 Å².